The van der Waals surface area contributed by atoms with Gasteiger partial charge in [-0.3, -0.25) is 9.59 Å². The van der Waals surface area contributed by atoms with E-state index in [1.165, 1.54) is 25.5 Å². The van der Waals surface area contributed by atoms with Crippen molar-refractivity contribution in [2.45, 2.75) is 13.5 Å². The van der Waals surface area contributed by atoms with Crippen molar-refractivity contribution in [1.29, 1.82) is 0 Å². The van der Waals surface area contributed by atoms with Gasteiger partial charge in [-0.1, -0.05) is 18.2 Å². The van der Waals surface area contributed by atoms with Crippen LogP contribution in [0.15, 0.2) is 71.8 Å². The molecule has 2 amide bonds. The van der Waals surface area contributed by atoms with Crippen molar-refractivity contribution in [2.24, 2.45) is 5.10 Å². The summed E-state index contributed by atoms with van der Waals surface area (Å²) in [5.41, 5.74) is 4.03. The minimum absolute atomic E-state index is 0.242. The van der Waals surface area contributed by atoms with Gasteiger partial charge in [0.1, 0.15) is 18.2 Å². The second-order valence-electron chi connectivity index (χ2n) is 6.94. The quantitative estimate of drug-likeness (QED) is 0.284. The summed E-state index contributed by atoms with van der Waals surface area (Å²) in [6.45, 7) is 2.49. The predicted molar refractivity (Wildman–Crippen MR) is 126 cm³/mol. The molecule has 34 heavy (non-hydrogen) atoms. The Bertz CT molecular complexity index is 1170. The third kappa shape index (κ3) is 7.06. The van der Waals surface area contributed by atoms with E-state index in [9.17, 15) is 14.0 Å². The summed E-state index contributed by atoms with van der Waals surface area (Å²) >= 11 is 0. The molecule has 0 aliphatic rings. The van der Waals surface area contributed by atoms with Crippen LogP contribution in [0.5, 0.6) is 17.2 Å². The molecule has 3 aromatic carbocycles. The monoisotopic (exact) mass is 465 g/mol. The Kier molecular flexibility index (Phi) is 8.56. The number of hydrogen-bond acceptors (Lipinski definition) is 6. The third-order valence-corrected chi connectivity index (χ3v) is 4.49. The van der Waals surface area contributed by atoms with Gasteiger partial charge < -0.3 is 19.5 Å². The molecule has 0 heterocycles. The topological polar surface area (TPSA) is 98.2 Å². The predicted octanol–water partition coefficient (Wildman–Crippen LogP) is 3.90. The van der Waals surface area contributed by atoms with Crippen LogP contribution >= 0.6 is 0 Å². The number of benzene rings is 3. The Balaban J connectivity index is 1.58. The summed E-state index contributed by atoms with van der Waals surface area (Å²) in [6.07, 6.45) is 1.38. The van der Waals surface area contributed by atoms with E-state index in [4.69, 9.17) is 14.2 Å². The van der Waals surface area contributed by atoms with Gasteiger partial charge >= 0.3 is 11.8 Å². The average molecular weight is 465 g/mol. The van der Waals surface area contributed by atoms with E-state index in [1.807, 2.05) is 6.92 Å². The first-order chi connectivity index (χ1) is 16.5. The number of hydrogen-bond donors (Lipinski definition) is 2. The van der Waals surface area contributed by atoms with E-state index in [0.29, 0.717) is 35.1 Å². The van der Waals surface area contributed by atoms with E-state index < -0.39 is 11.8 Å². The highest BCUT2D eigenvalue weighted by molar-refractivity contribution is 6.39. The molecule has 0 aliphatic carbocycles. The summed E-state index contributed by atoms with van der Waals surface area (Å²) in [6, 6.07) is 17.8. The molecule has 2 N–H and O–H groups in total. The summed E-state index contributed by atoms with van der Waals surface area (Å²) < 4.78 is 29.6. The number of carbonyl (C=O) groups is 2. The van der Waals surface area contributed by atoms with E-state index >= 15 is 0 Å². The number of nitrogens with zero attached hydrogens (tertiary/aromatic N) is 1. The van der Waals surface area contributed by atoms with Crippen molar-refractivity contribution >= 4 is 23.7 Å². The van der Waals surface area contributed by atoms with Gasteiger partial charge in [0, 0.05) is 11.8 Å². The molecule has 0 spiro atoms. The number of amides is 2. The van der Waals surface area contributed by atoms with Crippen molar-refractivity contribution in [2.75, 3.05) is 19.0 Å². The zero-order chi connectivity index (χ0) is 24.3. The van der Waals surface area contributed by atoms with E-state index in [2.05, 4.69) is 15.8 Å². The third-order valence-electron chi connectivity index (χ3n) is 4.49. The van der Waals surface area contributed by atoms with Crippen molar-refractivity contribution in [3.63, 3.8) is 0 Å². The Labute approximate surface area is 196 Å². The lowest BCUT2D eigenvalue weighted by molar-refractivity contribution is -0.136. The maximum Gasteiger partial charge on any atom is 0.329 e. The number of ether oxygens (including phenoxy) is 3. The highest BCUT2D eigenvalue weighted by Crippen LogP contribution is 2.29. The van der Waals surface area contributed by atoms with Crippen molar-refractivity contribution in [1.82, 2.24) is 5.43 Å². The number of anilines is 1. The molecule has 0 radical (unpaired) electrons. The molecule has 0 saturated carbocycles. The molecule has 0 fully saturated rings. The summed E-state index contributed by atoms with van der Waals surface area (Å²) in [4.78, 5) is 24.1. The Morgan fingerprint density at radius 3 is 2.50 bits per heavy atom. The fourth-order valence-corrected chi connectivity index (χ4v) is 2.84. The first-order valence-corrected chi connectivity index (χ1v) is 10.4. The zero-order valence-corrected chi connectivity index (χ0v) is 18.7. The fraction of sp³-hybridized carbons (Fsp3) is 0.160. The van der Waals surface area contributed by atoms with Crippen molar-refractivity contribution in [3.8, 4) is 17.2 Å². The van der Waals surface area contributed by atoms with Crippen LogP contribution in [-0.2, 0) is 16.2 Å². The van der Waals surface area contributed by atoms with Crippen molar-refractivity contribution in [3.05, 3.63) is 83.7 Å². The van der Waals surface area contributed by atoms with Crippen LogP contribution in [0.4, 0.5) is 10.1 Å². The molecule has 0 aromatic heterocycles. The first kappa shape index (κ1) is 24.2. The number of halogens is 1. The number of methoxy groups -OCH3 is 1. The number of nitrogens with one attached hydrogen (secondary N) is 2. The van der Waals surface area contributed by atoms with Crippen molar-refractivity contribution < 1.29 is 28.2 Å². The zero-order valence-electron chi connectivity index (χ0n) is 18.7. The molecule has 0 atom stereocenters. The minimum atomic E-state index is -0.927. The molecule has 8 nitrogen and oxygen atoms in total. The normalized spacial score (nSPS) is 10.6. The van der Waals surface area contributed by atoms with Gasteiger partial charge in [-0.2, -0.15) is 5.10 Å². The summed E-state index contributed by atoms with van der Waals surface area (Å²) in [7, 11) is 1.50. The van der Waals surface area contributed by atoms with E-state index in [1.54, 1.807) is 54.6 Å². The first-order valence-electron chi connectivity index (χ1n) is 10.4. The van der Waals surface area contributed by atoms with E-state index in [0.717, 1.165) is 5.56 Å². The molecule has 0 unspecified atom stereocenters. The summed E-state index contributed by atoms with van der Waals surface area (Å²) in [5, 5.41) is 6.30. The van der Waals surface area contributed by atoms with Gasteiger partial charge in [-0.05, 0) is 60.5 Å². The smallest absolute Gasteiger partial charge is 0.329 e. The van der Waals surface area contributed by atoms with Crippen LogP contribution in [0.2, 0.25) is 0 Å². The Hall–Kier alpha value is -4.40. The lowest BCUT2D eigenvalue weighted by atomic mass is 10.2. The lowest BCUT2D eigenvalue weighted by Gasteiger charge is -2.12. The lowest BCUT2D eigenvalue weighted by Crippen LogP contribution is -2.32. The second kappa shape index (κ2) is 12.0. The average Bonchev–Trinajstić information content (AvgIpc) is 2.84. The largest absolute Gasteiger partial charge is 0.497 e. The molecular formula is C25H24FN3O5. The van der Waals surface area contributed by atoms with Gasteiger partial charge in [0.05, 0.1) is 19.9 Å². The van der Waals surface area contributed by atoms with Crippen LogP contribution in [-0.4, -0.2) is 31.7 Å². The number of rotatable bonds is 9. The second-order valence-corrected chi connectivity index (χ2v) is 6.94. The molecule has 3 rings (SSSR count). The van der Waals surface area contributed by atoms with Crippen LogP contribution in [0.25, 0.3) is 0 Å². The minimum Gasteiger partial charge on any atom is -0.497 e. The van der Waals surface area contributed by atoms with Crippen LogP contribution in [0.1, 0.15) is 18.1 Å². The number of hydrazone groups is 1. The molecule has 176 valence electrons. The fourth-order valence-electron chi connectivity index (χ4n) is 2.84. The van der Waals surface area contributed by atoms with E-state index in [-0.39, 0.29) is 12.4 Å². The highest BCUT2D eigenvalue weighted by atomic mass is 19.1. The molecule has 0 bridgehead atoms. The SMILES string of the molecule is CCOc1cc(/C=N\NC(=O)C(=O)Nc2cccc(OC)c2)ccc1OCc1ccc(F)cc1. The van der Waals surface area contributed by atoms with Gasteiger partial charge in [0.25, 0.3) is 0 Å². The Morgan fingerprint density at radius 2 is 1.76 bits per heavy atom. The molecular weight excluding hydrogens is 441 g/mol. The van der Waals surface area contributed by atoms with Gasteiger partial charge in [0.15, 0.2) is 11.5 Å². The highest BCUT2D eigenvalue weighted by Gasteiger charge is 2.13. The van der Waals surface area contributed by atoms with Gasteiger partial charge in [-0.25, -0.2) is 9.82 Å². The molecule has 0 aliphatic heterocycles. The van der Waals surface area contributed by atoms with Crippen LogP contribution in [0, 0.1) is 5.82 Å². The van der Waals surface area contributed by atoms with Gasteiger partial charge in [0.2, 0.25) is 0 Å². The van der Waals surface area contributed by atoms with Crippen LogP contribution < -0.4 is 25.0 Å². The number of carbonyl (C=O) groups excluding carboxylic acids is 2. The van der Waals surface area contributed by atoms with Crippen LogP contribution in [0.3, 0.4) is 0 Å². The summed E-state index contributed by atoms with van der Waals surface area (Å²) in [5.74, 6) is -0.576. The van der Waals surface area contributed by atoms with Gasteiger partial charge in [-0.15, -0.1) is 0 Å². The Morgan fingerprint density at radius 1 is 0.971 bits per heavy atom. The molecule has 3 aromatic rings. The molecule has 9 heteroatoms. The maximum atomic E-state index is 13.1. The maximum absolute atomic E-state index is 13.1. The molecule has 0 saturated heterocycles. The standard InChI is InChI=1S/C25H24FN3O5/c1-3-33-23-13-18(9-12-22(23)34-16-17-7-10-19(26)11-8-17)15-27-29-25(31)24(30)28-20-5-4-6-21(14-20)32-2/h4-15H,3,16H2,1-2H3,(H,28,30)(H,29,31)/b27-15-.